The topological polar surface area (TPSA) is 64.9 Å². The number of para-hydroxylation sites is 1. The molecule has 0 aromatic heterocycles. The van der Waals surface area contributed by atoms with Crippen molar-refractivity contribution in [2.24, 2.45) is 0 Å². The maximum atomic E-state index is 10.7. The molecule has 0 amide bonds. The van der Waals surface area contributed by atoms with Crippen LogP contribution in [0, 0.1) is 17.0 Å². The van der Waals surface area contributed by atoms with E-state index in [9.17, 15) is 10.1 Å². The quantitative estimate of drug-likeness (QED) is 0.430. The number of epoxide rings is 1. The Labute approximate surface area is 86.8 Å². The largest absolute Gasteiger partial charge is 0.484 e. The lowest BCUT2D eigenvalue weighted by Gasteiger charge is -2.07. The highest BCUT2D eigenvalue weighted by Crippen LogP contribution is 2.30. The molecule has 0 aliphatic carbocycles. The fourth-order valence-electron chi connectivity index (χ4n) is 1.31. The zero-order valence-corrected chi connectivity index (χ0v) is 8.30. The van der Waals surface area contributed by atoms with Crippen LogP contribution in [-0.4, -0.2) is 24.2 Å². The van der Waals surface area contributed by atoms with E-state index in [1.165, 1.54) is 6.07 Å². The molecule has 0 N–H and O–H groups in total. The third-order valence-electron chi connectivity index (χ3n) is 2.20. The van der Waals surface area contributed by atoms with Crippen LogP contribution in [0.3, 0.4) is 0 Å². The van der Waals surface area contributed by atoms with Crippen molar-refractivity contribution >= 4 is 5.69 Å². The van der Waals surface area contributed by atoms with E-state index < -0.39 is 4.92 Å². The number of hydrogen-bond acceptors (Lipinski definition) is 4. The monoisotopic (exact) mass is 209 g/mol. The normalized spacial score (nSPS) is 18.6. The fraction of sp³-hybridized carbons (Fsp3) is 0.400. The molecule has 1 aromatic carbocycles. The van der Waals surface area contributed by atoms with Crippen LogP contribution in [0.25, 0.3) is 0 Å². The highest BCUT2D eigenvalue weighted by atomic mass is 16.6. The minimum atomic E-state index is -0.434. The second-order valence-electron chi connectivity index (χ2n) is 3.45. The number of rotatable bonds is 4. The molecule has 5 heteroatoms. The number of ether oxygens (including phenoxy) is 2. The molecule has 0 bridgehead atoms. The van der Waals surface area contributed by atoms with Gasteiger partial charge in [0.15, 0.2) is 5.75 Å². The van der Waals surface area contributed by atoms with Crippen LogP contribution in [0.15, 0.2) is 18.2 Å². The Hall–Kier alpha value is -1.62. The number of aryl methyl sites for hydroxylation is 1. The second kappa shape index (κ2) is 3.86. The molecule has 80 valence electrons. The minimum absolute atomic E-state index is 0.00986. The van der Waals surface area contributed by atoms with Gasteiger partial charge >= 0.3 is 5.69 Å². The number of nitro benzene ring substituents is 1. The van der Waals surface area contributed by atoms with Crippen molar-refractivity contribution in [3.63, 3.8) is 0 Å². The lowest BCUT2D eigenvalue weighted by molar-refractivity contribution is -0.385. The summed E-state index contributed by atoms with van der Waals surface area (Å²) in [5.41, 5.74) is 0.778. The Balaban J connectivity index is 2.20. The Morgan fingerprint density at radius 2 is 2.40 bits per heavy atom. The average molecular weight is 209 g/mol. The van der Waals surface area contributed by atoms with Gasteiger partial charge in [-0.15, -0.1) is 0 Å². The Bertz CT molecular complexity index is 387. The van der Waals surface area contributed by atoms with E-state index in [-0.39, 0.29) is 11.8 Å². The van der Waals surface area contributed by atoms with Gasteiger partial charge in [0.1, 0.15) is 12.7 Å². The predicted molar refractivity (Wildman–Crippen MR) is 53.1 cm³/mol. The second-order valence-corrected chi connectivity index (χ2v) is 3.45. The zero-order valence-electron chi connectivity index (χ0n) is 8.30. The van der Waals surface area contributed by atoms with Crippen molar-refractivity contribution < 1.29 is 14.4 Å². The maximum Gasteiger partial charge on any atom is 0.311 e. The van der Waals surface area contributed by atoms with E-state index >= 15 is 0 Å². The summed E-state index contributed by atoms with van der Waals surface area (Å²) in [6, 6.07) is 4.88. The van der Waals surface area contributed by atoms with Crippen LogP contribution in [-0.2, 0) is 4.74 Å². The van der Waals surface area contributed by atoms with Crippen LogP contribution < -0.4 is 4.74 Å². The van der Waals surface area contributed by atoms with Gasteiger partial charge in [-0.1, -0.05) is 12.1 Å². The van der Waals surface area contributed by atoms with Gasteiger partial charge < -0.3 is 9.47 Å². The fourth-order valence-corrected chi connectivity index (χ4v) is 1.31. The first-order valence-electron chi connectivity index (χ1n) is 4.67. The SMILES string of the molecule is Cc1cccc([N+](=O)[O-])c1OCC1CO1. The molecular weight excluding hydrogens is 198 g/mol. The molecule has 0 saturated carbocycles. The highest BCUT2D eigenvalue weighted by molar-refractivity contribution is 5.51. The number of hydrogen-bond donors (Lipinski definition) is 0. The molecule has 2 rings (SSSR count). The van der Waals surface area contributed by atoms with Crippen LogP contribution in [0.1, 0.15) is 5.56 Å². The van der Waals surface area contributed by atoms with Crippen LogP contribution in [0.4, 0.5) is 5.69 Å². The molecule has 1 fully saturated rings. The highest BCUT2D eigenvalue weighted by Gasteiger charge is 2.25. The molecular formula is C10H11NO4. The van der Waals surface area contributed by atoms with Gasteiger partial charge in [-0.3, -0.25) is 10.1 Å². The smallest absolute Gasteiger partial charge is 0.311 e. The summed E-state index contributed by atoms with van der Waals surface area (Å²) < 4.78 is 10.4. The molecule has 5 nitrogen and oxygen atoms in total. The van der Waals surface area contributed by atoms with Crippen LogP contribution in [0.5, 0.6) is 5.75 Å². The van der Waals surface area contributed by atoms with E-state index in [4.69, 9.17) is 9.47 Å². The number of nitro groups is 1. The Morgan fingerprint density at radius 1 is 1.67 bits per heavy atom. The maximum absolute atomic E-state index is 10.7. The van der Waals surface area contributed by atoms with E-state index in [0.29, 0.717) is 19.0 Å². The van der Waals surface area contributed by atoms with Gasteiger partial charge in [0.2, 0.25) is 0 Å². The lowest BCUT2D eigenvalue weighted by atomic mass is 10.2. The summed E-state index contributed by atoms with van der Waals surface area (Å²) in [5, 5.41) is 10.7. The molecule has 1 unspecified atom stereocenters. The Kier molecular flexibility index (Phi) is 2.55. The predicted octanol–water partition coefficient (Wildman–Crippen LogP) is 1.68. The minimum Gasteiger partial charge on any atom is -0.484 e. The van der Waals surface area contributed by atoms with E-state index in [1.807, 2.05) is 0 Å². The molecule has 1 atom stereocenters. The summed E-state index contributed by atoms with van der Waals surface area (Å²) in [6.45, 7) is 2.85. The first kappa shape index (κ1) is 9.92. The van der Waals surface area contributed by atoms with Gasteiger partial charge in [0, 0.05) is 6.07 Å². The van der Waals surface area contributed by atoms with E-state index in [0.717, 1.165) is 5.56 Å². The van der Waals surface area contributed by atoms with Crippen molar-refractivity contribution in [2.45, 2.75) is 13.0 Å². The van der Waals surface area contributed by atoms with Crippen molar-refractivity contribution in [1.82, 2.24) is 0 Å². The average Bonchev–Trinajstić information content (AvgIpc) is 2.99. The summed E-state index contributed by atoms with van der Waals surface area (Å²) in [5.74, 6) is 0.345. The summed E-state index contributed by atoms with van der Waals surface area (Å²) in [7, 11) is 0. The zero-order chi connectivity index (χ0) is 10.8. The summed E-state index contributed by atoms with van der Waals surface area (Å²) >= 11 is 0. The van der Waals surface area contributed by atoms with Crippen molar-refractivity contribution in [2.75, 3.05) is 13.2 Å². The standard InChI is InChI=1S/C10H11NO4/c1-7-3-2-4-9(11(12)13)10(7)15-6-8-5-14-8/h2-4,8H,5-6H2,1H3. The third-order valence-corrected chi connectivity index (χ3v) is 2.20. The van der Waals surface area contributed by atoms with Gasteiger partial charge in [0.05, 0.1) is 11.5 Å². The molecule has 15 heavy (non-hydrogen) atoms. The van der Waals surface area contributed by atoms with Gasteiger partial charge in [0.25, 0.3) is 0 Å². The molecule has 1 saturated heterocycles. The van der Waals surface area contributed by atoms with Gasteiger partial charge in [-0.2, -0.15) is 0 Å². The summed E-state index contributed by atoms with van der Waals surface area (Å²) in [4.78, 5) is 10.3. The first-order chi connectivity index (χ1) is 7.18. The van der Waals surface area contributed by atoms with E-state index in [2.05, 4.69) is 0 Å². The molecule has 1 heterocycles. The van der Waals surface area contributed by atoms with Gasteiger partial charge in [-0.25, -0.2) is 0 Å². The van der Waals surface area contributed by atoms with Crippen molar-refractivity contribution in [3.8, 4) is 5.75 Å². The summed E-state index contributed by atoms with van der Waals surface area (Å²) in [6.07, 6.45) is 0.101. The third kappa shape index (κ3) is 2.24. The number of nitrogens with zero attached hydrogens (tertiary/aromatic N) is 1. The van der Waals surface area contributed by atoms with Gasteiger partial charge in [-0.05, 0) is 12.5 Å². The molecule has 1 aliphatic rings. The molecule has 0 spiro atoms. The lowest BCUT2D eigenvalue weighted by Crippen LogP contribution is -2.06. The molecule has 1 aromatic rings. The molecule has 0 radical (unpaired) electrons. The Morgan fingerprint density at radius 3 is 3.00 bits per heavy atom. The van der Waals surface area contributed by atoms with Crippen molar-refractivity contribution in [1.29, 1.82) is 0 Å². The molecule has 1 aliphatic heterocycles. The van der Waals surface area contributed by atoms with Crippen molar-refractivity contribution in [3.05, 3.63) is 33.9 Å². The number of benzene rings is 1. The van der Waals surface area contributed by atoms with Crippen LogP contribution >= 0.6 is 0 Å². The van der Waals surface area contributed by atoms with Crippen LogP contribution in [0.2, 0.25) is 0 Å². The van der Waals surface area contributed by atoms with E-state index in [1.54, 1.807) is 19.1 Å². The first-order valence-corrected chi connectivity index (χ1v) is 4.67.